The van der Waals surface area contributed by atoms with Crippen molar-refractivity contribution in [2.45, 2.75) is 6.92 Å². The molecular formula is C16H23N3O2. The molecule has 1 aromatic rings. The Morgan fingerprint density at radius 3 is 2.52 bits per heavy atom. The Balaban J connectivity index is 1.60. The molecule has 0 aromatic heterocycles. The first-order chi connectivity index (χ1) is 10.2. The van der Waals surface area contributed by atoms with Crippen LogP contribution in [0.4, 0.5) is 5.69 Å². The highest BCUT2D eigenvalue weighted by Gasteiger charge is 2.34. The summed E-state index contributed by atoms with van der Waals surface area (Å²) in [6.07, 6.45) is 0. The number of hydrogen-bond donors (Lipinski definition) is 2. The number of phenols is 1. The molecule has 21 heavy (non-hydrogen) atoms. The summed E-state index contributed by atoms with van der Waals surface area (Å²) in [5.41, 5.74) is 0.862. The molecule has 2 aliphatic rings. The van der Waals surface area contributed by atoms with Crippen LogP contribution in [0.2, 0.25) is 0 Å². The van der Waals surface area contributed by atoms with Crippen molar-refractivity contribution in [2.75, 3.05) is 44.2 Å². The number of carbonyl (C=O) groups is 1. The average Bonchev–Trinajstić information content (AvgIpc) is 2.93. The van der Waals surface area contributed by atoms with Crippen LogP contribution in [-0.2, 0) is 4.79 Å². The molecule has 2 fully saturated rings. The van der Waals surface area contributed by atoms with Crippen molar-refractivity contribution in [2.24, 2.45) is 11.8 Å². The van der Waals surface area contributed by atoms with Gasteiger partial charge in [-0.2, -0.15) is 0 Å². The molecule has 0 saturated carbocycles. The third-order valence-corrected chi connectivity index (χ3v) is 4.65. The fourth-order valence-electron chi connectivity index (χ4n) is 3.27. The molecule has 1 aromatic carbocycles. The maximum absolute atomic E-state index is 12.5. The van der Waals surface area contributed by atoms with E-state index >= 15 is 0 Å². The van der Waals surface area contributed by atoms with E-state index in [4.69, 9.17) is 0 Å². The second-order valence-corrected chi connectivity index (χ2v) is 6.04. The minimum Gasteiger partial charge on any atom is -0.506 e. The van der Waals surface area contributed by atoms with Gasteiger partial charge in [-0.15, -0.1) is 0 Å². The van der Waals surface area contributed by atoms with Gasteiger partial charge in [0.1, 0.15) is 5.75 Å². The van der Waals surface area contributed by atoms with Crippen molar-refractivity contribution in [1.29, 1.82) is 0 Å². The van der Waals surface area contributed by atoms with Crippen molar-refractivity contribution in [3.63, 3.8) is 0 Å². The molecule has 0 aliphatic carbocycles. The summed E-state index contributed by atoms with van der Waals surface area (Å²) in [5.74, 6) is 1.14. The van der Waals surface area contributed by atoms with E-state index in [2.05, 4.69) is 17.1 Å². The lowest BCUT2D eigenvalue weighted by Crippen LogP contribution is -2.51. The molecule has 2 N–H and O–H groups in total. The Morgan fingerprint density at radius 2 is 1.90 bits per heavy atom. The molecule has 2 saturated heterocycles. The van der Waals surface area contributed by atoms with Gasteiger partial charge < -0.3 is 20.2 Å². The molecule has 1 amide bonds. The highest BCUT2D eigenvalue weighted by molar-refractivity contribution is 5.80. The van der Waals surface area contributed by atoms with Crippen LogP contribution in [-0.4, -0.2) is 55.2 Å². The smallest absolute Gasteiger partial charge is 0.227 e. The zero-order valence-electron chi connectivity index (χ0n) is 12.5. The average molecular weight is 289 g/mol. The molecule has 0 bridgehead atoms. The van der Waals surface area contributed by atoms with E-state index in [9.17, 15) is 9.90 Å². The lowest BCUT2D eigenvalue weighted by Gasteiger charge is -2.37. The number of amides is 1. The number of nitrogens with zero attached hydrogens (tertiary/aromatic N) is 2. The number of phenolic OH excluding ortho intramolecular Hbond substituents is 1. The normalized spacial score (nSPS) is 26.1. The Morgan fingerprint density at radius 1 is 1.19 bits per heavy atom. The molecule has 5 heteroatoms. The van der Waals surface area contributed by atoms with E-state index in [1.807, 2.05) is 23.1 Å². The van der Waals surface area contributed by atoms with E-state index in [-0.39, 0.29) is 11.8 Å². The summed E-state index contributed by atoms with van der Waals surface area (Å²) in [6, 6.07) is 7.39. The number of piperazine rings is 1. The molecule has 2 unspecified atom stereocenters. The highest BCUT2D eigenvalue weighted by atomic mass is 16.3. The number of aromatic hydroxyl groups is 1. The number of anilines is 1. The molecule has 5 nitrogen and oxygen atoms in total. The van der Waals surface area contributed by atoms with Gasteiger partial charge in [-0.3, -0.25) is 4.79 Å². The van der Waals surface area contributed by atoms with Crippen LogP contribution in [0.1, 0.15) is 6.92 Å². The Labute approximate surface area is 125 Å². The molecule has 0 spiro atoms. The van der Waals surface area contributed by atoms with E-state index in [0.717, 1.165) is 45.0 Å². The third kappa shape index (κ3) is 2.83. The maximum atomic E-state index is 12.5. The van der Waals surface area contributed by atoms with Crippen LogP contribution in [0, 0.1) is 11.8 Å². The maximum Gasteiger partial charge on any atom is 0.227 e. The van der Waals surface area contributed by atoms with Crippen LogP contribution in [0.25, 0.3) is 0 Å². The van der Waals surface area contributed by atoms with Crippen molar-refractivity contribution < 1.29 is 9.90 Å². The second-order valence-electron chi connectivity index (χ2n) is 6.04. The summed E-state index contributed by atoms with van der Waals surface area (Å²) in [5, 5.41) is 13.2. The number of para-hydroxylation sites is 2. The van der Waals surface area contributed by atoms with Gasteiger partial charge in [0.25, 0.3) is 0 Å². The Kier molecular flexibility index (Phi) is 4.01. The lowest BCUT2D eigenvalue weighted by atomic mass is 9.96. The summed E-state index contributed by atoms with van der Waals surface area (Å²) >= 11 is 0. The molecule has 114 valence electrons. The van der Waals surface area contributed by atoms with Crippen molar-refractivity contribution in [1.82, 2.24) is 10.2 Å². The summed E-state index contributed by atoms with van der Waals surface area (Å²) in [6.45, 7) is 6.90. The van der Waals surface area contributed by atoms with E-state index in [0.29, 0.717) is 11.7 Å². The predicted octanol–water partition coefficient (Wildman–Crippen LogP) is 0.896. The summed E-state index contributed by atoms with van der Waals surface area (Å²) in [4.78, 5) is 16.7. The summed E-state index contributed by atoms with van der Waals surface area (Å²) in [7, 11) is 0. The Hall–Kier alpha value is -1.75. The first-order valence-corrected chi connectivity index (χ1v) is 7.69. The zero-order valence-corrected chi connectivity index (χ0v) is 12.5. The van der Waals surface area contributed by atoms with Crippen molar-refractivity contribution >= 4 is 11.6 Å². The molecule has 2 heterocycles. The van der Waals surface area contributed by atoms with Crippen LogP contribution in [0.15, 0.2) is 24.3 Å². The van der Waals surface area contributed by atoms with Crippen molar-refractivity contribution in [3.05, 3.63) is 24.3 Å². The van der Waals surface area contributed by atoms with Crippen LogP contribution < -0.4 is 10.2 Å². The largest absolute Gasteiger partial charge is 0.506 e. The number of nitrogens with one attached hydrogen (secondary N) is 1. The van der Waals surface area contributed by atoms with Gasteiger partial charge in [0.15, 0.2) is 0 Å². The van der Waals surface area contributed by atoms with Crippen LogP contribution >= 0.6 is 0 Å². The zero-order chi connectivity index (χ0) is 14.8. The topological polar surface area (TPSA) is 55.8 Å². The lowest BCUT2D eigenvalue weighted by molar-refractivity contribution is -0.136. The minimum absolute atomic E-state index is 0.127. The third-order valence-electron chi connectivity index (χ3n) is 4.65. The van der Waals surface area contributed by atoms with Gasteiger partial charge in [0, 0.05) is 32.7 Å². The standard InChI is InChI=1S/C16H23N3O2/c1-12-10-17-11-13(12)16(21)19-8-6-18(7-9-19)14-4-2-3-5-15(14)20/h2-5,12-13,17,20H,6-11H2,1H3. The first-order valence-electron chi connectivity index (χ1n) is 7.69. The number of rotatable bonds is 2. The number of carbonyl (C=O) groups excluding carboxylic acids is 1. The van der Waals surface area contributed by atoms with Gasteiger partial charge in [-0.1, -0.05) is 19.1 Å². The molecular weight excluding hydrogens is 266 g/mol. The Bertz CT molecular complexity index is 512. The van der Waals surface area contributed by atoms with E-state index in [1.54, 1.807) is 6.07 Å². The molecule has 0 radical (unpaired) electrons. The quantitative estimate of drug-likeness (QED) is 0.849. The summed E-state index contributed by atoms with van der Waals surface area (Å²) < 4.78 is 0. The molecule has 2 aliphatic heterocycles. The van der Waals surface area contributed by atoms with Gasteiger partial charge in [-0.25, -0.2) is 0 Å². The fraction of sp³-hybridized carbons (Fsp3) is 0.562. The van der Waals surface area contributed by atoms with Gasteiger partial charge in [-0.05, 0) is 24.6 Å². The van der Waals surface area contributed by atoms with Crippen LogP contribution in [0.5, 0.6) is 5.75 Å². The van der Waals surface area contributed by atoms with Crippen LogP contribution in [0.3, 0.4) is 0 Å². The van der Waals surface area contributed by atoms with Crippen molar-refractivity contribution in [3.8, 4) is 5.75 Å². The van der Waals surface area contributed by atoms with E-state index in [1.165, 1.54) is 0 Å². The number of hydrogen-bond acceptors (Lipinski definition) is 4. The number of benzene rings is 1. The second kappa shape index (κ2) is 5.93. The first kappa shape index (κ1) is 14.2. The molecule has 2 atom stereocenters. The molecule has 3 rings (SSSR count). The fourth-order valence-corrected chi connectivity index (χ4v) is 3.27. The highest BCUT2D eigenvalue weighted by Crippen LogP contribution is 2.28. The SMILES string of the molecule is CC1CNCC1C(=O)N1CCN(c2ccccc2O)CC1. The van der Waals surface area contributed by atoms with Gasteiger partial charge in [0.2, 0.25) is 5.91 Å². The van der Waals surface area contributed by atoms with E-state index < -0.39 is 0 Å². The monoisotopic (exact) mass is 289 g/mol. The van der Waals surface area contributed by atoms with Gasteiger partial charge >= 0.3 is 0 Å². The minimum atomic E-state index is 0.127. The van der Waals surface area contributed by atoms with Gasteiger partial charge in [0.05, 0.1) is 11.6 Å². The predicted molar refractivity (Wildman–Crippen MR) is 82.4 cm³/mol.